The number of carbonyl (C=O) groups is 3. The Morgan fingerprint density at radius 3 is 2.17 bits per heavy atom. The number of hydrogen-bond donors (Lipinski definition) is 1. The van der Waals surface area contributed by atoms with Crippen LogP contribution in [0.4, 0.5) is 9.59 Å². The molecule has 1 aliphatic heterocycles. The lowest BCUT2D eigenvalue weighted by molar-refractivity contribution is -0.153. The molecule has 1 aromatic heterocycles. The van der Waals surface area contributed by atoms with Crippen molar-refractivity contribution in [2.24, 2.45) is 0 Å². The molecule has 1 fully saturated rings. The van der Waals surface area contributed by atoms with Gasteiger partial charge in [0.2, 0.25) is 0 Å². The molecule has 0 saturated carbocycles. The summed E-state index contributed by atoms with van der Waals surface area (Å²) >= 11 is 0. The van der Waals surface area contributed by atoms with Crippen LogP contribution in [0.1, 0.15) is 54.0 Å². The minimum absolute atomic E-state index is 0.0200. The summed E-state index contributed by atoms with van der Waals surface area (Å²) < 4.78 is 22.0. The van der Waals surface area contributed by atoms with Gasteiger partial charge in [0.15, 0.2) is 12.2 Å². The monoisotopic (exact) mass is 502 g/mol. The van der Waals surface area contributed by atoms with Crippen molar-refractivity contribution in [3.05, 3.63) is 36.0 Å². The summed E-state index contributed by atoms with van der Waals surface area (Å²) in [6.07, 6.45) is -1.42. The fraction of sp³-hybridized carbons (Fsp3) is 0.560. The molecule has 0 unspecified atom stereocenters. The molecule has 36 heavy (non-hydrogen) atoms. The van der Waals surface area contributed by atoms with E-state index in [0.717, 1.165) is 11.1 Å². The van der Waals surface area contributed by atoms with E-state index in [1.165, 1.54) is 11.8 Å². The highest BCUT2D eigenvalue weighted by molar-refractivity contribution is 5.71. The van der Waals surface area contributed by atoms with E-state index >= 15 is 0 Å². The van der Waals surface area contributed by atoms with E-state index in [1.807, 2.05) is 24.3 Å². The van der Waals surface area contributed by atoms with E-state index in [4.69, 9.17) is 18.9 Å². The first-order chi connectivity index (χ1) is 16.7. The minimum atomic E-state index is -0.935. The molecular formula is C25H34N4O7. The van der Waals surface area contributed by atoms with Crippen molar-refractivity contribution in [1.82, 2.24) is 20.3 Å². The number of ether oxygens (including phenoxy) is 4. The molecule has 3 rings (SSSR count). The Labute approximate surface area is 210 Å². The predicted octanol–water partition coefficient (Wildman–Crippen LogP) is 3.89. The maximum atomic E-state index is 13.1. The molecule has 0 spiro atoms. The Morgan fingerprint density at radius 2 is 1.64 bits per heavy atom. The van der Waals surface area contributed by atoms with Crippen LogP contribution in [0.5, 0.6) is 0 Å². The molecular weight excluding hydrogens is 468 g/mol. The number of hydrogen-bond acceptors (Lipinski definition) is 9. The number of aromatic nitrogens is 3. The van der Waals surface area contributed by atoms with Crippen LogP contribution in [0.15, 0.2) is 30.5 Å². The van der Waals surface area contributed by atoms with Gasteiger partial charge in [0, 0.05) is 12.5 Å². The lowest BCUT2D eigenvalue weighted by Gasteiger charge is -2.30. The van der Waals surface area contributed by atoms with Gasteiger partial charge in [0.05, 0.1) is 18.8 Å². The number of benzene rings is 1. The van der Waals surface area contributed by atoms with Gasteiger partial charge in [-0.1, -0.05) is 24.3 Å². The minimum Gasteiger partial charge on any atom is -0.456 e. The molecule has 2 heterocycles. The smallest absolute Gasteiger partial charge is 0.456 e. The average Bonchev–Trinajstić information content (AvgIpc) is 3.36. The first kappa shape index (κ1) is 27.0. The molecule has 3 atom stereocenters. The molecule has 11 nitrogen and oxygen atoms in total. The van der Waals surface area contributed by atoms with Crippen LogP contribution in [0, 0.1) is 0 Å². The van der Waals surface area contributed by atoms with Crippen LogP contribution in [-0.2, 0) is 30.2 Å². The summed E-state index contributed by atoms with van der Waals surface area (Å²) in [5, 5.41) is 10.5. The van der Waals surface area contributed by atoms with Gasteiger partial charge >= 0.3 is 18.2 Å². The average molecular weight is 503 g/mol. The third-order valence-corrected chi connectivity index (χ3v) is 5.20. The molecule has 196 valence electrons. The molecule has 1 aromatic carbocycles. The zero-order valence-electron chi connectivity index (χ0n) is 21.7. The van der Waals surface area contributed by atoms with E-state index in [-0.39, 0.29) is 6.54 Å². The van der Waals surface area contributed by atoms with Crippen LogP contribution < -0.4 is 0 Å². The molecule has 0 aliphatic carbocycles. The third kappa shape index (κ3) is 7.43. The molecule has 1 aliphatic rings. The highest BCUT2D eigenvalue weighted by Crippen LogP contribution is 2.30. The topological polar surface area (TPSA) is 133 Å². The van der Waals surface area contributed by atoms with Crippen molar-refractivity contribution >= 4 is 18.2 Å². The van der Waals surface area contributed by atoms with Gasteiger partial charge < -0.3 is 18.9 Å². The highest BCUT2D eigenvalue weighted by atomic mass is 16.7. The highest BCUT2D eigenvalue weighted by Gasteiger charge is 2.49. The van der Waals surface area contributed by atoms with E-state index < -0.39 is 47.7 Å². The molecule has 0 radical (unpaired) electrons. The summed E-state index contributed by atoms with van der Waals surface area (Å²) in [6.45, 7) is 11.7. The molecule has 2 aromatic rings. The number of esters is 1. The quantitative estimate of drug-likeness (QED) is 0.477. The van der Waals surface area contributed by atoms with Gasteiger partial charge in [-0.3, -0.25) is 9.69 Å². The summed E-state index contributed by atoms with van der Waals surface area (Å²) in [5.74, 6) is -0.560. The fourth-order valence-corrected chi connectivity index (χ4v) is 3.86. The fourth-order valence-electron chi connectivity index (χ4n) is 3.86. The van der Waals surface area contributed by atoms with Gasteiger partial charge in [-0.25, -0.2) is 9.59 Å². The number of nitrogens with one attached hydrogen (secondary N) is 1. The third-order valence-electron chi connectivity index (χ3n) is 5.20. The second kappa shape index (κ2) is 10.5. The van der Waals surface area contributed by atoms with E-state index in [0.29, 0.717) is 12.1 Å². The number of likely N-dealkylation sites (tertiary alicyclic amines) is 1. The Hall–Kier alpha value is -3.63. The SMILES string of the molecule is CC(=O)O[C@@H]1[C@@H](OC(=O)OC(C)(C)C)CN(C(=O)OC(C)(C)C)[C@@H]1Cc1ccc(-c2cn[nH]n2)cc1. The molecule has 1 amide bonds. The lowest BCUT2D eigenvalue weighted by atomic mass is 9.99. The molecule has 1 N–H and O–H groups in total. The number of amides is 1. The Kier molecular flexibility index (Phi) is 7.90. The lowest BCUT2D eigenvalue weighted by Crippen LogP contribution is -2.45. The summed E-state index contributed by atoms with van der Waals surface area (Å²) in [7, 11) is 0. The maximum Gasteiger partial charge on any atom is 0.509 e. The van der Waals surface area contributed by atoms with Crippen LogP contribution in [0.25, 0.3) is 11.3 Å². The zero-order chi connectivity index (χ0) is 26.7. The molecule has 11 heteroatoms. The van der Waals surface area contributed by atoms with Crippen LogP contribution in [0.2, 0.25) is 0 Å². The number of aromatic amines is 1. The van der Waals surface area contributed by atoms with Gasteiger partial charge in [0.25, 0.3) is 0 Å². The van der Waals surface area contributed by atoms with Crippen LogP contribution in [0.3, 0.4) is 0 Å². The second-order valence-corrected chi connectivity index (χ2v) is 10.7. The number of H-pyrrole nitrogens is 1. The summed E-state index contributed by atoms with van der Waals surface area (Å²) in [4.78, 5) is 39.0. The van der Waals surface area contributed by atoms with E-state index in [9.17, 15) is 14.4 Å². The van der Waals surface area contributed by atoms with Gasteiger partial charge in [-0.15, -0.1) is 0 Å². The Bertz CT molecular complexity index is 1060. The molecule has 0 bridgehead atoms. The van der Waals surface area contributed by atoms with Gasteiger partial charge in [-0.05, 0) is 53.5 Å². The first-order valence-electron chi connectivity index (χ1n) is 11.7. The number of carbonyl (C=O) groups excluding carboxylic acids is 3. The Morgan fingerprint density at radius 1 is 1.00 bits per heavy atom. The van der Waals surface area contributed by atoms with Gasteiger partial charge in [0.1, 0.15) is 16.9 Å². The van der Waals surface area contributed by atoms with Crippen molar-refractivity contribution in [2.45, 2.75) is 84.3 Å². The largest absolute Gasteiger partial charge is 0.509 e. The van der Waals surface area contributed by atoms with E-state index in [2.05, 4.69) is 15.4 Å². The van der Waals surface area contributed by atoms with Crippen molar-refractivity contribution < 1.29 is 33.3 Å². The standard InChI is InChI=1S/C25H34N4O7/c1-15(30)33-21-19(12-16-8-10-17(11-9-16)18-13-26-28-27-18)29(22(31)35-24(2,3)4)14-20(21)34-23(32)36-25(5,6)7/h8-11,13,19-21H,12,14H2,1-7H3,(H,26,27,28)/t19-,20+,21+/m1/s1. The zero-order valence-corrected chi connectivity index (χ0v) is 21.7. The van der Waals surface area contributed by atoms with Crippen LogP contribution >= 0.6 is 0 Å². The summed E-state index contributed by atoms with van der Waals surface area (Å²) in [6, 6.07) is 6.91. The van der Waals surface area contributed by atoms with Crippen molar-refractivity contribution in [1.29, 1.82) is 0 Å². The first-order valence-corrected chi connectivity index (χ1v) is 11.7. The second-order valence-electron chi connectivity index (χ2n) is 10.7. The maximum absolute atomic E-state index is 13.1. The predicted molar refractivity (Wildman–Crippen MR) is 129 cm³/mol. The van der Waals surface area contributed by atoms with Crippen molar-refractivity contribution in [3.8, 4) is 11.3 Å². The number of rotatable bonds is 5. The normalized spacial score (nSPS) is 20.1. The Balaban J connectivity index is 1.89. The van der Waals surface area contributed by atoms with Gasteiger partial charge in [-0.2, -0.15) is 15.4 Å². The van der Waals surface area contributed by atoms with E-state index in [1.54, 1.807) is 47.7 Å². The van der Waals surface area contributed by atoms with Crippen molar-refractivity contribution in [2.75, 3.05) is 6.54 Å². The molecule has 1 saturated heterocycles. The van der Waals surface area contributed by atoms with Crippen molar-refractivity contribution in [3.63, 3.8) is 0 Å². The summed E-state index contributed by atoms with van der Waals surface area (Å²) in [5.41, 5.74) is 0.910. The number of nitrogens with zero attached hydrogens (tertiary/aromatic N) is 3. The van der Waals surface area contributed by atoms with Crippen LogP contribution in [-0.4, -0.2) is 74.5 Å².